The second-order valence-corrected chi connectivity index (χ2v) is 9.66. The Kier molecular flexibility index (Phi) is 4.49. The minimum absolute atomic E-state index is 0.930. The van der Waals surface area contributed by atoms with Crippen LogP contribution in [-0.4, -0.2) is 17.8 Å². The van der Waals surface area contributed by atoms with Gasteiger partial charge in [-0.1, -0.05) is 72.4 Å². The molecule has 1 fully saturated rings. The van der Waals surface area contributed by atoms with Crippen molar-refractivity contribution in [1.29, 1.82) is 0 Å². The van der Waals surface area contributed by atoms with Crippen molar-refractivity contribution < 1.29 is 4.57 Å². The van der Waals surface area contributed by atoms with Crippen LogP contribution in [0.3, 0.4) is 0 Å². The van der Waals surface area contributed by atoms with Gasteiger partial charge in [0.2, 0.25) is 0 Å². The van der Waals surface area contributed by atoms with Crippen LogP contribution in [0.5, 0.6) is 0 Å². The van der Waals surface area contributed by atoms with Gasteiger partial charge >= 0.3 is 0 Å². The van der Waals surface area contributed by atoms with E-state index < -0.39 is 7.29 Å². The average Bonchev–Trinajstić information content (AvgIpc) is 3.18. The maximum absolute atomic E-state index is 13.8. The Hall–Kier alpha value is -1.54. The van der Waals surface area contributed by atoms with Gasteiger partial charge in [-0.15, -0.1) is 0 Å². The molecule has 0 radical (unpaired) electrons. The maximum atomic E-state index is 13.8. The molecule has 0 spiro atoms. The molecule has 0 saturated carbocycles. The topological polar surface area (TPSA) is 20.3 Å². The quantitative estimate of drug-likeness (QED) is 0.622. The van der Waals surface area contributed by atoms with Crippen molar-refractivity contribution in [1.82, 2.24) is 4.67 Å². The smallest absolute Gasteiger partial charge is 0.195 e. The molecular weight excluding hydrogens is 333 g/mol. The third-order valence-electron chi connectivity index (χ3n) is 4.47. The van der Waals surface area contributed by atoms with Gasteiger partial charge in [-0.05, 0) is 24.0 Å². The van der Waals surface area contributed by atoms with E-state index >= 15 is 0 Å². The van der Waals surface area contributed by atoms with Crippen molar-refractivity contribution in [2.45, 2.75) is 12.8 Å². The summed E-state index contributed by atoms with van der Waals surface area (Å²) in [5, 5.41) is 0. The third kappa shape index (κ3) is 3.17. The fourth-order valence-corrected chi connectivity index (χ4v) is 7.54. The molecule has 122 valence electrons. The molecule has 0 aliphatic carbocycles. The summed E-state index contributed by atoms with van der Waals surface area (Å²) in [6.07, 6.45) is 2.28. The molecule has 4 rings (SSSR count). The van der Waals surface area contributed by atoms with Crippen molar-refractivity contribution in [3.05, 3.63) is 83.4 Å². The minimum Gasteiger partial charge on any atom is -0.297 e. The van der Waals surface area contributed by atoms with Crippen LogP contribution in [-0.2, 0) is 4.57 Å². The first-order valence-electron chi connectivity index (χ1n) is 8.34. The molecule has 0 unspecified atom stereocenters. The number of hydrogen-bond donors (Lipinski definition) is 0. The molecule has 0 atom stereocenters. The Morgan fingerprint density at radius 1 is 0.750 bits per heavy atom. The van der Waals surface area contributed by atoms with E-state index in [9.17, 15) is 4.57 Å². The van der Waals surface area contributed by atoms with E-state index in [1.165, 1.54) is 0 Å². The third-order valence-corrected chi connectivity index (χ3v) is 8.50. The standard InChI is InChI=1S/C20H20NOPS/c22-23(21-13-7-8-14-21)15-19(17-9-3-1-4-10-17)24-20(16-23)18-11-5-2-6-12-18/h1-6,9-12,15-16H,7-8,13-14H2. The Balaban J connectivity index is 1.79. The van der Waals surface area contributed by atoms with Crippen molar-refractivity contribution >= 4 is 28.9 Å². The Morgan fingerprint density at radius 3 is 1.67 bits per heavy atom. The van der Waals surface area contributed by atoms with Gasteiger partial charge in [0.15, 0.2) is 7.29 Å². The maximum Gasteiger partial charge on any atom is 0.195 e. The average molecular weight is 353 g/mol. The number of benzene rings is 2. The number of thioether (sulfide) groups is 1. The predicted molar refractivity (Wildman–Crippen MR) is 105 cm³/mol. The summed E-state index contributed by atoms with van der Waals surface area (Å²) >= 11 is 1.72. The van der Waals surface area contributed by atoms with Gasteiger partial charge < -0.3 is 0 Å². The van der Waals surface area contributed by atoms with Crippen LogP contribution in [0.1, 0.15) is 24.0 Å². The van der Waals surface area contributed by atoms with Gasteiger partial charge in [-0.25, -0.2) is 4.67 Å². The lowest BCUT2D eigenvalue weighted by Gasteiger charge is -2.28. The molecule has 2 aliphatic heterocycles. The fourth-order valence-electron chi connectivity index (χ4n) is 3.19. The van der Waals surface area contributed by atoms with E-state index in [1.807, 2.05) is 48.0 Å². The lowest BCUT2D eigenvalue weighted by atomic mass is 10.2. The molecule has 2 nitrogen and oxygen atoms in total. The van der Waals surface area contributed by atoms with E-state index in [1.54, 1.807) is 11.8 Å². The van der Waals surface area contributed by atoms with E-state index in [2.05, 4.69) is 28.9 Å². The van der Waals surface area contributed by atoms with Gasteiger partial charge in [-0.3, -0.25) is 4.57 Å². The molecule has 2 heterocycles. The lowest BCUT2D eigenvalue weighted by Crippen LogP contribution is -2.14. The van der Waals surface area contributed by atoms with Crippen LogP contribution in [0.25, 0.3) is 9.81 Å². The summed E-state index contributed by atoms with van der Waals surface area (Å²) in [5.74, 6) is 4.04. The Morgan fingerprint density at radius 2 is 1.21 bits per heavy atom. The molecule has 0 bridgehead atoms. The molecule has 2 aliphatic rings. The van der Waals surface area contributed by atoms with E-state index in [0.29, 0.717) is 0 Å². The molecule has 2 aromatic rings. The van der Waals surface area contributed by atoms with Gasteiger partial charge in [0.05, 0.1) is 0 Å². The van der Waals surface area contributed by atoms with Crippen LogP contribution in [0.4, 0.5) is 0 Å². The summed E-state index contributed by atoms with van der Waals surface area (Å²) in [7, 11) is -2.62. The fraction of sp³-hybridized carbons (Fsp3) is 0.200. The zero-order chi connectivity index (χ0) is 16.4. The summed E-state index contributed by atoms with van der Waals surface area (Å²) < 4.78 is 15.9. The molecule has 0 amide bonds. The Labute approximate surface area is 147 Å². The van der Waals surface area contributed by atoms with Gasteiger partial charge in [0, 0.05) is 34.5 Å². The van der Waals surface area contributed by atoms with Gasteiger partial charge in [-0.2, -0.15) is 0 Å². The highest BCUT2D eigenvalue weighted by molar-refractivity contribution is 8.17. The van der Waals surface area contributed by atoms with Crippen LogP contribution in [0, 0.1) is 0 Å². The highest BCUT2D eigenvalue weighted by atomic mass is 32.2. The van der Waals surface area contributed by atoms with Crippen molar-refractivity contribution in [3.63, 3.8) is 0 Å². The highest BCUT2D eigenvalue weighted by Crippen LogP contribution is 2.63. The number of hydrogen-bond acceptors (Lipinski definition) is 2. The summed E-state index contributed by atoms with van der Waals surface area (Å²) in [6, 6.07) is 20.6. The van der Waals surface area contributed by atoms with E-state index in [0.717, 1.165) is 46.9 Å². The minimum atomic E-state index is -2.62. The molecular formula is C20H20NOPS. The Bertz CT molecular complexity index is 764. The zero-order valence-electron chi connectivity index (χ0n) is 13.5. The second kappa shape index (κ2) is 6.76. The van der Waals surface area contributed by atoms with Crippen LogP contribution >= 0.6 is 19.1 Å². The molecule has 2 aromatic carbocycles. The SMILES string of the molecule is O=P1(N2CCCC2)C=C(c2ccccc2)SC(c2ccccc2)=C1. The number of rotatable bonds is 3. The summed E-state index contributed by atoms with van der Waals surface area (Å²) in [4.78, 5) is 2.21. The second-order valence-electron chi connectivity index (χ2n) is 6.15. The van der Waals surface area contributed by atoms with Crippen molar-refractivity contribution in [2.24, 2.45) is 0 Å². The molecule has 4 heteroatoms. The van der Waals surface area contributed by atoms with Gasteiger partial charge in [0.25, 0.3) is 0 Å². The van der Waals surface area contributed by atoms with E-state index in [4.69, 9.17) is 0 Å². The monoisotopic (exact) mass is 353 g/mol. The van der Waals surface area contributed by atoms with E-state index in [-0.39, 0.29) is 0 Å². The first-order valence-corrected chi connectivity index (χ1v) is 11.0. The molecule has 24 heavy (non-hydrogen) atoms. The normalized spacial score (nSPS) is 20.5. The zero-order valence-corrected chi connectivity index (χ0v) is 15.2. The van der Waals surface area contributed by atoms with Crippen molar-refractivity contribution in [2.75, 3.05) is 13.1 Å². The first kappa shape index (κ1) is 16.0. The van der Waals surface area contributed by atoms with Crippen LogP contribution in [0.2, 0.25) is 0 Å². The summed E-state index contributed by atoms with van der Waals surface area (Å²) in [6.45, 7) is 1.86. The van der Waals surface area contributed by atoms with Crippen molar-refractivity contribution in [3.8, 4) is 0 Å². The predicted octanol–water partition coefficient (Wildman–Crippen LogP) is 6.10. The highest BCUT2D eigenvalue weighted by Gasteiger charge is 2.33. The summed E-state index contributed by atoms with van der Waals surface area (Å²) in [5.41, 5.74) is 2.28. The lowest BCUT2D eigenvalue weighted by molar-refractivity contribution is 0.491. The van der Waals surface area contributed by atoms with Gasteiger partial charge in [0.1, 0.15) is 0 Å². The molecule has 0 aromatic heterocycles. The largest absolute Gasteiger partial charge is 0.297 e. The number of nitrogens with zero attached hydrogens (tertiary/aromatic N) is 1. The molecule has 1 saturated heterocycles. The van der Waals surface area contributed by atoms with Crippen LogP contribution < -0.4 is 0 Å². The van der Waals surface area contributed by atoms with Crippen LogP contribution in [0.15, 0.2) is 72.3 Å². The molecule has 0 N–H and O–H groups in total. The first-order chi connectivity index (χ1) is 11.7.